The van der Waals surface area contributed by atoms with Crippen LogP contribution in [0.1, 0.15) is 26.3 Å². The minimum absolute atomic E-state index is 0. The van der Waals surface area contributed by atoms with Crippen LogP contribution < -0.4 is 9.22 Å². The van der Waals surface area contributed by atoms with Crippen molar-refractivity contribution >= 4 is 50.6 Å². The number of rotatable bonds is 3. The number of imidazole rings is 1. The van der Waals surface area contributed by atoms with E-state index < -0.39 is 0 Å². The Bertz CT molecular complexity index is 2210. The third kappa shape index (κ3) is 3.94. The van der Waals surface area contributed by atoms with Gasteiger partial charge in [0.1, 0.15) is 11.4 Å². The van der Waals surface area contributed by atoms with E-state index in [9.17, 15) is 5.11 Å². The van der Waals surface area contributed by atoms with Crippen molar-refractivity contribution < 1.29 is 35.3 Å². The Hall–Kier alpha value is -4.52. The number of para-hydroxylation sites is 4. The molecule has 0 radical (unpaired) electrons. The maximum atomic E-state index is 10.8. The molecular formula is C34H27N5O3Pt. The van der Waals surface area contributed by atoms with Crippen LogP contribution in [0.2, 0.25) is 0 Å². The fourth-order valence-electron chi connectivity index (χ4n) is 6.03. The summed E-state index contributed by atoms with van der Waals surface area (Å²) in [5.74, 6) is 2.48. The van der Waals surface area contributed by atoms with Crippen molar-refractivity contribution in [2.75, 3.05) is 7.05 Å². The smallest absolute Gasteiger partial charge is 0.326 e. The van der Waals surface area contributed by atoms with Gasteiger partial charge in [0.2, 0.25) is 11.7 Å². The Labute approximate surface area is 262 Å². The normalized spacial score (nSPS) is 15.9. The summed E-state index contributed by atoms with van der Waals surface area (Å²) in [7, 11) is 2.10. The second-order valence-electron chi connectivity index (χ2n) is 11.8. The van der Waals surface area contributed by atoms with Gasteiger partial charge >= 0.3 is 5.95 Å². The number of fused-ring (bicyclic) bond motifs is 8. The van der Waals surface area contributed by atoms with Gasteiger partial charge in [-0.2, -0.15) is 14.5 Å². The predicted molar refractivity (Wildman–Crippen MR) is 163 cm³/mol. The second kappa shape index (κ2) is 9.49. The molecule has 0 bridgehead atoms. The predicted octanol–water partition coefficient (Wildman–Crippen LogP) is 8.22. The Morgan fingerprint density at radius 2 is 1.72 bits per heavy atom. The summed E-state index contributed by atoms with van der Waals surface area (Å²) in [5.41, 5.74) is 5.90. The van der Waals surface area contributed by atoms with Crippen LogP contribution in [0.3, 0.4) is 0 Å². The van der Waals surface area contributed by atoms with Gasteiger partial charge in [-0.05, 0) is 52.9 Å². The average molecular weight is 749 g/mol. The molecule has 7 aromatic rings. The molecule has 216 valence electrons. The fourth-order valence-corrected chi connectivity index (χ4v) is 6.03. The Kier molecular flexibility index (Phi) is 6.03. The summed E-state index contributed by atoms with van der Waals surface area (Å²) >= 11 is 0. The van der Waals surface area contributed by atoms with Crippen LogP contribution in [0.5, 0.6) is 17.4 Å². The molecule has 8 rings (SSSR count). The van der Waals surface area contributed by atoms with E-state index >= 15 is 0 Å². The number of hydrogen-bond donors (Lipinski definition) is 1. The van der Waals surface area contributed by atoms with Gasteiger partial charge in [-0.25, -0.2) is 4.57 Å². The van der Waals surface area contributed by atoms with Crippen LogP contribution in [0.25, 0.3) is 38.8 Å². The largest absolute Gasteiger partial charge is 0.517 e. The molecule has 0 saturated heterocycles. The van der Waals surface area contributed by atoms with Crippen molar-refractivity contribution in [2.24, 2.45) is 0 Å². The molecule has 1 aliphatic rings. The first kappa shape index (κ1) is 27.3. The first-order chi connectivity index (χ1) is 20.2. The molecule has 5 heterocycles. The van der Waals surface area contributed by atoms with Gasteiger partial charge in [0.05, 0.1) is 35.2 Å². The molecule has 0 saturated carbocycles. The summed E-state index contributed by atoms with van der Waals surface area (Å²) in [6, 6.07) is 29.0. The topological polar surface area (TPSA) is 86.2 Å². The van der Waals surface area contributed by atoms with Crippen molar-refractivity contribution in [3.63, 3.8) is 0 Å². The molecular weight excluding hydrogens is 721 g/mol. The van der Waals surface area contributed by atoms with Gasteiger partial charge in [0.15, 0.2) is 5.69 Å². The summed E-state index contributed by atoms with van der Waals surface area (Å²) in [5, 5.41) is 11.9. The maximum absolute atomic E-state index is 10.8. The first-order valence-electron chi connectivity index (χ1n) is 13.8. The molecule has 1 unspecified atom stereocenters. The molecule has 1 atom stereocenters. The zero-order chi connectivity index (χ0) is 28.8. The van der Waals surface area contributed by atoms with Gasteiger partial charge < -0.3 is 19.2 Å². The first-order valence-corrected chi connectivity index (χ1v) is 13.8. The number of furan rings is 1. The van der Waals surface area contributed by atoms with Crippen LogP contribution in [0.15, 0.2) is 89.5 Å². The molecule has 8 nitrogen and oxygen atoms in total. The number of phenolic OH excluding ortho intramolecular Hbond substituents is 1. The molecule has 1 aliphatic heterocycles. The monoisotopic (exact) mass is 748 g/mol. The van der Waals surface area contributed by atoms with E-state index in [4.69, 9.17) is 19.1 Å². The minimum Gasteiger partial charge on any atom is -0.517 e. The molecule has 0 amide bonds. The van der Waals surface area contributed by atoms with E-state index in [-0.39, 0.29) is 36.7 Å². The third-order valence-electron chi connectivity index (χ3n) is 8.08. The van der Waals surface area contributed by atoms with Crippen molar-refractivity contribution in [1.82, 2.24) is 24.0 Å². The maximum Gasteiger partial charge on any atom is 0.326 e. The second-order valence-corrected chi connectivity index (χ2v) is 11.8. The molecule has 4 aromatic heterocycles. The van der Waals surface area contributed by atoms with Gasteiger partial charge in [-0.15, -0.1) is 0 Å². The third-order valence-corrected chi connectivity index (χ3v) is 8.08. The number of nitrogens with zero attached hydrogens (tertiary/aromatic N) is 5. The van der Waals surface area contributed by atoms with Crippen molar-refractivity contribution in [3.8, 4) is 23.1 Å². The molecule has 0 aliphatic carbocycles. The van der Waals surface area contributed by atoms with Gasteiger partial charge in [-0.3, -0.25) is 0 Å². The van der Waals surface area contributed by atoms with Gasteiger partial charge in [0.25, 0.3) is 0 Å². The van der Waals surface area contributed by atoms with Crippen molar-refractivity contribution in [1.29, 1.82) is 0 Å². The average Bonchev–Trinajstić information content (AvgIpc) is 3.62. The number of phenols is 1. The van der Waals surface area contributed by atoms with Gasteiger partial charge in [0, 0.05) is 39.3 Å². The number of ether oxygens (including phenoxy) is 1. The zero-order valence-corrected chi connectivity index (χ0v) is 26.2. The number of benzene rings is 3. The molecule has 43 heavy (non-hydrogen) atoms. The molecule has 3 aromatic carbocycles. The molecule has 1 N–H and O–H groups in total. The van der Waals surface area contributed by atoms with Crippen LogP contribution >= 0.6 is 0 Å². The molecule has 0 fully saturated rings. The number of quaternary nitrogens is 1. The van der Waals surface area contributed by atoms with E-state index in [0.29, 0.717) is 33.7 Å². The van der Waals surface area contributed by atoms with E-state index in [0.717, 1.165) is 39.7 Å². The van der Waals surface area contributed by atoms with Crippen LogP contribution in [0, 0.1) is 6.07 Å². The summed E-state index contributed by atoms with van der Waals surface area (Å²) in [6.45, 7) is 6.31. The Morgan fingerprint density at radius 1 is 0.930 bits per heavy atom. The molecule has 9 heteroatoms. The Balaban J connectivity index is 0.00000300. The van der Waals surface area contributed by atoms with Crippen LogP contribution in [0.4, 0.5) is 17.5 Å². The number of hydrogen-bond acceptors (Lipinski definition) is 6. The van der Waals surface area contributed by atoms with Crippen molar-refractivity contribution in [3.05, 3.63) is 96.7 Å². The number of pyridine rings is 2. The van der Waals surface area contributed by atoms with E-state index in [1.165, 1.54) is 0 Å². The fraction of sp³-hybridized carbons (Fsp3) is 0.147. The zero-order valence-electron chi connectivity index (χ0n) is 23.9. The van der Waals surface area contributed by atoms with E-state index in [2.05, 4.69) is 61.6 Å². The summed E-state index contributed by atoms with van der Waals surface area (Å²) < 4.78 is 14.8. The molecule has 0 spiro atoms. The Morgan fingerprint density at radius 3 is 2.56 bits per heavy atom. The van der Waals surface area contributed by atoms with Crippen LogP contribution in [-0.4, -0.2) is 31.7 Å². The van der Waals surface area contributed by atoms with E-state index in [1.54, 1.807) is 18.3 Å². The standard InChI is InChI=1S/C34H27N5O3.Pt/c1-34(2,3)22-16-17-27(40)30-21-18-20(19-35-32(21)42-31(22)30)41-29-15-9-14-28(37-29)39(4)26-13-8-7-12-25(26)38-24-11-6-5-10-23(24)36-33(38)39;/h5-17,19,40H,1-4H3;. The van der Waals surface area contributed by atoms with Gasteiger partial charge in [-0.1, -0.05) is 62.6 Å². The quantitative estimate of drug-likeness (QED) is 0.145. The summed E-state index contributed by atoms with van der Waals surface area (Å²) in [6.07, 6.45) is 1.56. The number of aromatic nitrogens is 4. The number of aromatic hydroxyl groups is 1. The van der Waals surface area contributed by atoms with Crippen molar-refractivity contribution in [2.45, 2.75) is 26.2 Å². The SMILES string of the molecule is CC(C)(C)c1ccc(O)c2c1oc1ncc(Oc3cccc([N+]4(C)c5ccccc5-n5c4nc4ccccc45)n3)[c-]c12.[Pt]. The van der Waals surface area contributed by atoms with E-state index in [1.807, 2.05) is 48.5 Å². The summed E-state index contributed by atoms with van der Waals surface area (Å²) in [4.78, 5) is 14.5. The van der Waals surface area contributed by atoms with Crippen LogP contribution in [-0.2, 0) is 26.5 Å². The minimum atomic E-state index is -0.183.